The van der Waals surface area contributed by atoms with Crippen LogP contribution in [0.15, 0.2) is 138 Å². The summed E-state index contributed by atoms with van der Waals surface area (Å²) in [5, 5.41) is 2.68. The monoisotopic (exact) mass is 554 g/mol. The van der Waals surface area contributed by atoms with Gasteiger partial charge in [-0.3, -0.25) is 0 Å². The van der Waals surface area contributed by atoms with Crippen LogP contribution in [0.4, 0.5) is 0 Å². The molecule has 0 spiro atoms. The second kappa shape index (κ2) is 11.6. The number of fused-ring (bicyclic) bond motifs is 1. The Morgan fingerprint density at radius 1 is 0.395 bits per heavy atom. The van der Waals surface area contributed by atoms with Crippen LogP contribution in [-0.2, 0) is 0 Å². The number of benzene rings is 6. The molecule has 0 amide bonds. The fourth-order valence-corrected chi connectivity index (χ4v) is 5.30. The Morgan fingerprint density at radius 3 is 1.68 bits per heavy atom. The van der Waals surface area contributed by atoms with E-state index in [0.717, 1.165) is 4.47 Å². The Bertz CT molecular complexity index is 1700. The van der Waals surface area contributed by atoms with Crippen LogP contribution >= 0.6 is 15.9 Å². The van der Waals surface area contributed by atoms with Crippen LogP contribution in [0.25, 0.3) is 44.2 Å². The van der Waals surface area contributed by atoms with E-state index in [4.69, 9.17) is 0 Å². The van der Waals surface area contributed by atoms with Crippen LogP contribution in [0.5, 0.6) is 0 Å². The molecule has 6 aromatic carbocycles. The minimum atomic E-state index is 1.10. The van der Waals surface area contributed by atoms with Gasteiger partial charge in [-0.15, -0.1) is 0 Å². The van der Waals surface area contributed by atoms with Crippen LogP contribution in [-0.4, -0.2) is 0 Å². The maximum absolute atomic E-state index is 3.57. The maximum atomic E-state index is 3.57. The van der Waals surface area contributed by atoms with E-state index in [1.807, 2.05) is 0 Å². The number of hydrogen-bond donors (Lipinski definition) is 0. The van der Waals surface area contributed by atoms with Crippen molar-refractivity contribution in [3.8, 4) is 33.4 Å². The highest BCUT2D eigenvalue weighted by Gasteiger charge is 2.08. The van der Waals surface area contributed by atoms with Gasteiger partial charge in [-0.05, 0) is 106 Å². The van der Waals surface area contributed by atoms with Gasteiger partial charge in [0.2, 0.25) is 0 Å². The summed E-state index contributed by atoms with van der Waals surface area (Å²) in [6, 6.07) is 47.4. The molecule has 0 saturated heterocycles. The van der Waals surface area contributed by atoms with Crippen molar-refractivity contribution in [3.63, 3.8) is 0 Å². The standard InChI is InChI=1S/C26H21Br.C11H10/c1-18-7-3-4-12-25(18)26-17-23(14-13-19(26)2)21-9-5-8-20(15-21)22-10-6-11-24(27)16-22;1-9-5-4-7-10-6-2-3-8-11(9)10/h3-17H,1-2H3;2-8H,1H3. The van der Waals surface area contributed by atoms with E-state index in [1.54, 1.807) is 0 Å². The van der Waals surface area contributed by atoms with Gasteiger partial charge in [0.15, 0.2) is 0 Å². The Labute approximate surface area is 234 Å². The van der Waals surface area contributed by atoms with Crippen molar-refractivity contribution >= 4 is 26.7 Å². The molecule has 0 aromatic heterocycles. The third-order valence-electron chi connectivity index (χ3n) is 7.03. The summed E-state index contributed by atoms with van der Waals surface area (Å²) >= 11 is 3.57. The predicted octanol–water partition coefficient (Wildman–Crippen LogP) is 11.2. The van der Waals surface area contributed by atoms with Crippen molar-refractivity contribution in [1.82, 2.24) is 0 Å². The topological polar surface area (TPSA) is 0 Å². The minimum Gasteiger partial charge on any atom is -0.0620 e. The number of rotatable bonds is 3. The second-order valence-electron chi connectivity index (χ2n) is 9.73. The van der Waals surface area contributed by atoms with Crippen LogP contribution < -0.4 is 0 Å². The van der Waals surface area contributed by atoms with Gasteiger partial charge < -0.3 is 0 Å². The molecule has 6 rings (SSSR count). The third kappa shape index (κ3) is 5.79. The summed E-state index contributed by atoms with van der Waals surface area (Å²) in [5.41, 5.74) is 11.5. The van der Waals surface area contributed by atoms with E-state index in [1.165, 1.54) is 60.8 Å². The van der Waals surface area contributed by atoms with E-state index < -0.39 is 0 Å². The van der Waals surface area contributed by atoms with Crippen molar-refractivity contribution in [2.45, 2.75) is 20.8 Å². The highest BCUT2D eigenvalue weighted by molar-refractivity contribution is 9.10. The fourth-order valence-electron chi connectivity index (χ4n) is 4.90. The third-order valence-corrected chi connectivity index (χ3v) is 7.53. The van der Waals surface area contributed by atoms with Crippen LogP contribution in [0.1, 0.15) is 16.7 Å². The molecular formula is C37H31Br. The molecule has 6 aromatic rings. The summed E-state index contributed by atoms with van der Waals surface area (Å²) in [7, 11) is 0. The van der Waals surface area contributed by atoms with Gasteiger partial charge >= 0.3 is 0 Å². The van der Waals surface area contributed by atoms with Gasteiger partial charge in [0.05, 0.1) is 0 Å². The number of aryl methyl sites for hydroxylation is 3. The van der Waals surface area contributed by atoms with E-state index in [9.17, 15) is 0 Å². The zero-order valence-electron chi connectivity index (χ0n) is 22.1. The molecule has 0 saturated carbocycles. The van der Waals surface area contributed by atoms with E-state index in [2.05, 4.69) is 170 Å². The zero-order valence-corrected chi connectivity index (χ0v) is 23.7. The van der Waals surface area contributed by atoms with Gasteiger partial charge in [-0.1, -0.05) is 125 Å². The van der Waals surface area contributed by atoms with Gasteiger partial charge in [-0.25, -0.2) is 0 Å². The van der Waals surface area contributed by atoms with Crippen molar-refractivity contribution in [3.05, 3.63) is 155 Å². The van der Waals surface area contributed by atoms with Gasteiger partial charge in [0.25, 0.3) is 0 Å². The van der Waals surface area contributed by atoms with Gasteiger partial charge in [0.1, 0.15) is 0 Å². The lowest BCUT2D eigenvalue weighted by atomic mass is 9.92. The normalized spacial score (nSPS) is 10.6. The molecule has 0 N–H and O–H groups in total. The quantitative estimate of drug-likeness (QED) is 0.204. The molecule has 0 fully saturated rings. The summed E-state index contributed by atoms with van der Waals surface area (Å²) in [6.45, 7) is 6.50. The molecular weight excluding hydrogens is 524 g/mol. The molecule has 0 unspecified atom stereocenters. The van der Waals surface area contributed by atoms with Crippen LogP contribution in [0.2, 0.25) is 0 Å². The summed E-state index contributed by atoms with van der Waals surface area (Å²) in [4.78, 5) is 0. The van der Waals surface area contributed by atoms with E-state index in [-0.39, 0.29) is 0 Å². The van der Waals surface area contributed by atoms with Crippen LogP contribution in [0, 0.1) is 20.8 Å². The summed E-state index contributed by atoms with van der Waals surface area (Å²) in [5.74, 6) is 0. The first-order valence-corrected chi connectivity index (χ1v) is 13.8. The molecule has 0 bridgehead atoms. The number of hydrogen-bond acceptors (Lipinski definition) is 0. The average molecular weight is 556 g/mol. The largest absolute Gasteiger partial charge is 0.0620 e. The molecule has 0 heterocycles. The average Bonchev–Trinajstić information content (AvgIpc) is 2.95. The minimum absolute atomic E-state index is 1.10. The molecule has 0 aliphatic carbocycles. The number of halogens is 1. The Kier molecular flexibility index (Phi) is 7.86. The molecule has 0 atom stereocenters. The highest BCUT2D eigenvalue weighted by atomic mass is 79.9. The summed E-state index contributed by atoms with van der Waals surface area (Å²) in [6.07, 6.45) is 0. The van der Waals surface area contributed by atoms with Crippen molar-refractivity contribution in [2.75, 3.05) is 0 Å². The molecule has 1 heteroatoms. The highest BCUT2D eigenvalue weighted by Crippen LogP contribution is 2.33. The fraction of sp³-hybridized carbons (Fsp3) is 0.0811. The lowest BCUT2D eigenvalue weighted by Gasteiger charge is -2.13. The predicted molar refractivity (Wildman–Crippen MR) is 169 cm³/mol. The molecule has 186 valence electrons. The first-order chi connectivity index (χ1) is 18.5. The molecule has 0 aliphatic rings. The second-order valence-corrected chi connectivity index (χ2v) is 10.6. The molecule has 0 radical (unpaired) electrons. The molecule has 0 nitrogen and oxygen atoms in total. The van der Waals surface area contributed by atoms with Crippen molar-refractivity contribution < 1.29 is 0 Å². The zero-order chi connectivity index (χ0) is 26.5. The Hall–Kier alpha value is -3.94. The molecule has 0 aliphatic heterocycles. The van der Waals surface area contributed by atoms with Crippen LogP contribution in [0.3, 0.4) is 0 Å². The lowest BCUT2D eigenvalue weighted by molar-refractivity contribution is 1.41. The lowest BCUT2D eigenvalue weighted by Crippen LogP contribution is -1.89. The van der Waals surface area contributed by atoms with E-state index in [0.29, 0.717) is 0 Å². The van der Waals surface area contributed by atoms with Gasteiger partial charge in [-0.2, -0.15) is 0 Å². The van der Waals surface area contributed by atoms with Crippen molar-refractivity contribution in [1.29, 1.82) is 0 Å². The Morgan fingerprint density at radius 2 is 0.947 bits per heavy atom. The first kappa shape index (κ1) is 25.7. The summed E-state index contributed by atoms with van der Waals surface area (Å²) < 4.78 is 1.10. The smallest absolute Gasteiger partial charge is 0.0181 e. The van der Waals surface area contributed by atoms with E-state index >= 15 is 0 Å². The Balaban J connectivity index is 0.000000222. The van der Waals surface area contributed by atoms with Gasteiger partial charge in [0, 0.05) is 4.47 Å². The maximum Gasteiger partial charge on any atom is 0.0181 e. The molecule has 38 heavy (non-hydrogen) atoms. The SMILES string of the molecule is Cc1cccc2ccccc12.Cc1ccccc1-c1cc(-c2cccc(-c3cccc(Br)c3)c2)ccc1C. The van der Waals surface area contributed by atoms with Crippen molar-refractivity contribution in [2.24, 2.45) is 0 Å². The first-order valence-electron chi connectivity index (χ1n) is 13.0.